The van der Waals surface area contributed by atoms with Gasteiger partial charge in [0.15, 0.2) is 0 Å². The molecule has 0 unspecified atom stereocenters. The Hall–Kier alpha value is -1.02. The second-order valence-corrected chi connectivity index (χ2v) is 7.96. The van der Waals surface area contributed by atoms with E-state index in [9.17, 15) is 12.8 Å². The number of ether oxygens (including phenoxy) is 1. The minimum atomic E-state index is -3.59. The van der Waals surface area contributed by atoms with Gasteiger partial charge in [-0.05, 0) is 44.2 Å². The first-order valence-corrected chi connectivity index (χ1v) is 8.92. The van der Waals surface area contributed by atoms with E-state index in [1.165, 1.54) is 22.5 Å². The highest BCUT2D eigenvalue weighted by Crippen LogP contribution is 2.27. The smallest absolute Gasteiger partial charge is 0.243 e. The zero-order valence-corrected chi connectivity index (χ0v) is 13.6. The monoisotopic (exact) mass is 328 g/mol. The number of halogens is 1. The average Bonchev–Trinajstić information content (AvgIpc) is 2.50. The van der Waals surface area contributed by atoms with Crippen molar-refractivity contribution in [2.24, 2.45) is 0 Å². The molecule has 2 heterocycles. The average molecular weight is 328 g/mol. The summed E-state index contributed by atoms with van der Waals surface area (Å²) >= 11 is 0. The van der Waals surface area contributed by atoms with Crippen LogP contribution in [0.1, 0.15) is 12.0 Å². The molecule has 0 N–H and O–H groups in total. The molecular formula is C15H21FN2O3S. The van der Waals surface area contributed by atoms with Crippen LogP contribution in [-0.4, -0.2) is 63.1 Å². The van der Waals surface area contributed by atoms with Gasteiger partial charge in [0, 0.05) is 25.7 Å². The maximum atomic E-state index is 13.4. The van der Waals surface area contributed by atoms with Gasteiger partial charge in [0.1, 0.15) is 5.82 Å². The molecule has 1 aromatic carbocycles. The number of likely N-dealkylation sites (N-methyl/N-ethyl adjacent to an activating group) is 1. The van der Waals surface area contributed by atoms with Crippen molar-refractivity contribution in [2.75, 3.05) is 33.3 Å². The lowest BCUT2D eigenvalue weighted by Crippen LogP contribution is -2.59. The van der Waals surface area contributed by atoms with Crippen molar-refractivity contribution in [3.63, 3.8) is 0 Å². The molecule has 0 amide bonds. The molecule has 2 aliphatic rings. The summed E-state index contributed by atoms with van der Waals surface area (Å²) in [6.07, 6.45) is 0.786. The number of benzene rings is 1. The lowest BCUT2D eigenvalue weighted by atomic mass is 10.0. The van der Waals surface area contributed by atoms with Gasteiger partial charge < -0.3 is 4.74 Å². The molecule has 122 valence electrons. The first-order chi connectivity index (χ1) is 10.4. The molecule has 1 aromatic rings. The number of hydrogen-bond acceptors (Lipinski definition) is 4. The fourth-order valence-electron chi connectivity index (χ4n) is 3.16. The number of hydrogen-bond donors (Lipinski definition) is 0. The van der Waals surface area contributed by atoms with Crippen molar-refractivity contribution in [3.05, 3.63) is 29.6 Å². The minimum absolute atomic E-state index is 0.0822. The SMILES string of the molecule is Cc1cc(S(=O)(=O)N2CC[C@@H]3OCCN(C)[C@@H]3C2)ccc1F. The van der Waals surface area contributed by atoms with E-state index in [0.29, 0.717) is 31.7 Å². The zero-order valence-electron chi connectivity index (χ0n) is 12.8. The number of piperidine rings is 1. The highest BCUT2D eigenvalue weighted by molar-refractivity contribution is 7.89. The highest BCUT2D eigenvalue weighted by Gasteiger charge is 2.39. The van der Waals surface area contributed by atoms with Crippen LogP contribution < -0.4 is 0 Å². The summed E-state index contributed by atoms with van der Waals surface area (Å²) in [5, 5.41) is 0. The Morgan fingerprint density at radius 3 is 2.82 bits per heavy atom. The van der Waals surface area contributed by atoms with Gasteiger partial charge in [0.25, 0.3) is 0 Å². The third kappa shape index (κ3) is 2.78. The fourth-order valence-corrected chi connectivity index (χ4v) is 4.72. The minimum Gasteiger partial charge on any atom is -0.375 e. The largest absolute Gasteiger partial charge is 0.375 e. The summed E-state index contributed by atoms with van der Waals surface area (Å²) < 4.78 is 46.2. The Kier molecular flexibility index (Phi) is 4.24. The van der Waals surface area contributed by atoms with Crippen LogP contribution in [0.3, 0.4) is 0 Å². The van der Waals surface area contributed by atoms with Crippen LogP contribution in [0, 0.1) is 12.7 Å². The first kappa shape index (κ1) is 15.9. The quantitative estimate of drug-likeness (QED) is 0.819. The zero-order chi connectivity index (χ0) is 15.9. The first-order valence-electron chi connectivity index (χ1n) is 7.48. The van der Waals surface area contributed by atoms with Crippen molar-refractivity contribution in [1.29, 1.82) is 0 Å². The summed E-state index contributed by atoms with van der Waals surface area (Å²) in [6, 6.07) is 4.03. The Balaban J connectivity index is 1.84. The lowest BCUT2D eigenvalue weighted by Gasteiger charge is -2.45. The topological polar surface area (TPSA) is 49.9 Å². The molecule has 2 fully saturated rings. The molecule has 0 radical (unpaired) electrons. The molecule has 5 nitrogen and oxygen atoms in total. The van der Waals surface area contributed by atoms with Crippen molar-refractivity contribution in [2.45, 2.75) is 30.4 Å². The number of morpholine rings is 1. The number of nitrogens with zero attached hydrogens (tertiary/aromatic N) is 2. The van der Waals surface area contributed by atoms with Gasteiger partial charge in [-0.15, -0.1) is 0 Å². The van der Waals surface area contributed by atoms with E-state index in [4.69, 9.17) is 4.74 Å². The van der Waals surface area contributed by atoms with Crippen molar-refractivity contribution in [3.8, 4) is 0 Å². The third-order valence-electron chi connectivity index (χ3n) is 4.59. The highest BCUT2D eigenvalue weighted by atomic mass is 32.2. The molecule has 3 rings (SSSR count). The second kappa shape index (κ2) is 5.88. The van der Waals surface area contributed by atoms with Crippen molar-refractivity contribution in [1.82, 2.24) is 9.21 Å². The van der Waals surface area contributed by atoms with E-state index >= 15 is 0 Å². The van der Waals surface area contributed by atoms with Gasteiger partial charge in [-0.3, -0.25) is 4.90 Å². The molecule has 0 bridgehead atoms. The Bertz CT molecular complexity index is 665. The van der Waals surface area contributed by atoms with Gasteiger partial charge >= 0.3 is 0 Å². The molecule has 0 aromatic heterocycles. The Labute approximate surface area is 130 Å². The van der Waals surface area contributed by atoms with Crippen LogP contribution in [0.2, 0.25) is 0 Å². The predicted molar refractivity (Wildman–Crippen MR) is 80.7 cm³/mol. The summed E-state index contributed by atoms with van der Waals surface area (Å²) in [5.74, 6) is -0.391. The van der Waals surface area contributed by atoms with Crippen LogP contribution in [0.5, 0.6) is 0 Å². The van der Waals surface area contributed by atoms with E-state index in [-0.39, 0.29) is 17.0 Å². The number of fused-ring (bicyclic) bond motifs is 1. The van der Waals surface area contributed by atoms with E-state index < -0.39 is 15.8 Å². The van der Waals surface area contributed by atoms with E-state index in [2.05, 4.69) is 4.90 Å². The molecule has 0 saturated carbocycles. The van der Waals surface area contributed by atoms with Crippen molar-refractivity contribution < 1.29 is 17.5 Å². The third-order valence-corrected chi connectivity index (χ3v) is 6.45. The second-order valence-electron chi connectivity index (χ2n) is 6.02. The van der Waals surface area contributed by atoms with Crippen LogP contribution in [0.4, 0.5) is 4.39 Å². The normalized spacial score (nSPS) is 27.6. The van der Waals surface area contributed by atoms with E-state index in [1.807, 2.05) is 7.05 Å². The number of sulfonamides is 1. The maximum absolute atomic E-state index is 13.4. The van der Waals surface area contributed by atoms with Gasteiger partial charge in [-0.1, -0.05) is 0 Å². The van der Waals surface area contributed by atoms with Crippen LogP contribution >= 0.6 is 0 Å². The van der Waals surface area contributed by atoms with Crippen molar-refractivity contribution >= 4 is 10.0 Å². The molecule has 2 atom stereocenters. The molecule has 0 aliphatic carbocycles. The van der Waals surface area contributed by atoms with Gasteiger partial charge in [-0.2, -0.15) is 4.31 Å². The van der Waals surface area contributed by atoms with Gasteiger partial charge in [-0.25, -0.2) is 12.8 Å². The number of rotatable bonds is 2. The van der Waals surface area contributed by atoms with Crippen LogP contribution in [0.25, 0.3) is 0 Å². The maximum Gasteiger partial charge on any atom is 0.243 e. The van der Waals surface area contributed by atoms with E-state index in [1.54, 1.807) is 6.92 Å². The Morgan fingerprint density at radius 2 is 2.09 bits per heavy atom. The molecule has 0 spiro atoms. The molecule has 2 aliphatic heterocycles. The van der Waals surface area contributed by atoms with Gasteiger partial charge in [0.2, 0.25) is 10.0 Å². The standard InChI is InChI=1S/C15H21FN2O3S/c1-11-9-12(3-4-13(11)16)22(19,20)18-6-5-15-14(10-18)17(2)7-8-21-15/h3-4,9,14-15H,5-8,10H2,1-2H3/t14-,15+/m1/s1. The molecule has 7 heteroatoms. The number of aryl methyl sites for hydroxylation is 1. The summed E-state index contributed by atoms with van der Waals surface area (Å²) in [7, 11) is -1.59. The Morgan fingerprint density at radius 1 is 1.32 bits per heavy atom. The van der Waals surface area contributed by atoms with Crippen LogP contribution in [0.15, 0.2) is 23.1 Å². The van der Waals surface area contributed by atoms with E-state index in [0.717, 1.165) is 6.54 Å². The van der Waals surface area contributed by atoms with Gasteiger partial charge in [0.05, 0.1) is 17.6 Å². The molecule has 22 heavy (non-hydrogen) atoms. The summed E-state index contributed by atoms with van der Waals surface area (Å²) in [5.41, 5.74) is 0.342. The summed E-state index contributed by atoms with van der Waals surface area (Å²) in [6.45, 7) is 3.93. The van der Waals surface area contributed by atoms with Crippen LogP contribution in [-0.2, 0) is 14.8 Å². The predicted octanol–water partition coefficient (Wildman–Crippen LogP) is 1.23. The summed E-state index contributed by atoms with van der Waals surface area (Å²) in [4.78, 5) is 2.32. The lowest BCUT2D eigenvalue weighted by molar-refractivity contribution is -0.0840. The molecule has 2 saturated heterocycles. The molecular weight excluding hydrogens is 307 g/mol. The fraction of sp³-hybridized carbons (Fsp3) is 0.600.